The molecule has 0 aliphatic carbocycles. The summed E-state index contributed by atoms with van der Waals surface area (Å²) in [6.07, 6.45) is -1.74. The van der Waals surface area contributed by atoms with Crippen molar-refractivity contribution >= 4 is 11.9 Å². The van der Waals surface area contributed by atoms with Crippen molar-refractivity contribution in [3.63, 3.8) is 0 Å². The van der Waals surface area contributed by atoms with Crippen LogP contribution >= 0.6 is 0 Å². The fourth-order valence-electron chi connectivity index (χ4n) is 5.58. The lowest BCUT2D eigenvalue weighted by Crippen LogP contribution is -2.53. The predicted molar refractivity (Wildman–Crippen MR) is 186 cm³/mol. The van der Waals surface area contributed by atoms with Crippen LogP contribution < -0.4 is 0 Å². The summed E-state index contributed by atoms with van der Waals surface area (Å²) in [6.45, 7) is 24.5. The molecule has 0 saturated heterocycles. The number of ether oxygens (including phenoxy) is 6. The van der Waals surface area contributed by atoms with Crippen LogP contribution in [-0.2, 0) is 38.0 Å². The van der Waals surface area contributed by atoms with Crippen molar-refractivity contribution in [2.24, 2.45) is 5.41 Å². The number of hydrogen-bond acceptors (Lipinski definition) is 12. The van der Waals surface area contributed by atoms with Crippen LogP contribution in [0.4, 0.5) is 0 Å². The molecular formula is C35H68N2O12+2. The van der Waals surface area contributed by atoms with Crippen molar-refractivity contribution in [3.05, 3.63) is 25.3 Å². The fraction of sp³-hybridized carbons (Fsp3) is 0.829. The van der Waals surface area contributed by atoms with Crippen LogP contribution in [0, 0.1) is 5.41 Å². The van der Waals surface area contributed by atoms with Gasteiger partial charge in [0.2, 0.25) is 0 Å². The molecule has 0 fully saturated rings. The zero-order chi connectivity index (χ0) is 37.3. The second-order valence-corrected chi connectivity index (χ2v) is 12.8. The molecule has 0 heterocycles. The molecule has 0 aliphatic rings. The summed E-state index contributed by atoms with van der Waals surface area (Å²) >= 11 is 0. The Morgan fingerprint density at radius 2 is 0.796 bits per heavy atom. The minimum atomic E-state index is -1.12. The molecule has 0 radical (unpaired) electrons. The molecule has 0 aromatic rings. The molecule has 0 rings (SSSR count). The Hall–Kier alpha value is -1.98. The first-order valence-corrected chi connectivity index (χ1v) is 17.6. The minimum absolute atomic E-state index is 0.00645. The van der Waals surface area contributed by atoms with Crippen molar-refractivity contribution in [1.29, 1.82) is 0 Å². The van der Waals surface area contributed by atoms with Gasteiger partial charge in [-0.15, -0.1) is 0 Å². The van der Waals surface area contributed by atoms with Gasteiger partial charge < -0.3 is 57.8 Å². The summed E-state index contributed by atoms with van der Waals surface area (Å²) in [7, 11) is 0. The number of esters is 2. The highest BCUT2D eigenvalue weighted by Crippen LogP contribution is 2.22. The first-order valence-electron chi connectivity index (χ1n) is 17.6. The third-order valence-electron chi connectivity index (χ3n) is 9.26. The van der Waals surface area contributed by atoms with Crippen molar-refractivity contribution in [3.8, 4) is 0 Å². The second-order valence-electron chi connectivity index (χ2n) is 12.8. The molecule has 288 valence electrons. The highest BCUT2D eigenvalue weighted by molar-refractivity contribution is 5.81. The van der Waals surface area contributed by atoms with Crippen molar-refractivity contribution < 1.29 is 67.4 Å². The highest BCUT2D eigenvalue weighted by atomic mass is 16.6. The van der Waals surface area contributed by atoms with Gasteiger partial charge in [0, 0.05) is 12.2 Å². The highest BCUT2D eigenvalue weighted by Gasteiger charge is 2.35. The number of hydrogen-bond donors (Lipinski definition) is 4. The van der Waals surface area contributed by atoms with E-state index in [1.165, 1.54) is 0 Å². The number of rotatable bonds is 32. The van der Waals surface area contributed by atoms with E-state index in [-0.39, 0.29) is 66.1 Å². The number of aliphatic hydroxyl groups excluding tert-OH is 4. The molecule has 0 aromatic carbocycles. The average Bonchev–Trinajstić information content (AvgIpc) is 3.10. The van der Waals surface area contributed by atoms with Crippen LogP contribution in [0.2, 0.25) is 0 Å². The maximum Gasteiger partial charge on any atom is 0.330 e. The molecule has 0 aromatic heterocycles. The van der Waals surface area contributed by atoms with Gasteiger partial charge in [-0.25, -0.2) is 9.59 Å². The molecule has 49 heavy (non-hydrogen) atoms. The first-order chi connectivity index (χ1) is 23.3. The first kappa shape index (κ1) is 47.0. The van der Waals surface area contributed by atoms with E-state index in [4.69, 9.17) is 28.4 Å². The standard InChI is InChI=1S/C35H68N2O12/c1-9-33(42)48-23-31(40)21-46-27-35(28-47-22-32(41)24-49-34(43)10-2,25-44-19-29(38)17-36(11-3,12-4)13-5)26-45-20-30(39)18-37(14-6,15-7)16-8/h9-10,29-32,38-41H,1-2,11-28H2,3-8H3/q+2. The Morgan fingerprint density at radius 3 is 1.04 bits per heavy atom. The van der Waals surface area contributed by atoms with Gasteiger partial charge in [0.05, 0.1) is 97.5 Å². The molecule has 4 N–H and O–H groups in total. The lowest BCUT2D eigenvalue weighted by molar-refractivity contribution is -0.926. The molecule has 4 atom stereocenters. The quantitative estimate of drug-likeness (QED) is 0.0439. The molecular weight excluding hydrogens is 640 g/mol. The van der Waals surface area contributed by atoms with Gasteiger partial charge in [0.1, 0.15) is 50.7 Å². The number of nitrogens with zero attached hydrogens (tertiary/aromatic N) is 2. The van der Waals surface area contributed by atoms with Gasteiger partial charge in [-0.3, -0.25) is 0 Å². The summed E-state index contributed by atoms with van der Waals surface area (Å²) in [5.74, 6) is -1.35. The molecule has 14 heteroatoms. The average molecular weight is 709 g/mol. The Kier molecular flexibility index (Phi) is 24.8. The largest absolute Gasteiger partial charge is 0.460 e. The van der Waals surface area contributed by atoms with Crippen LogP contribution in [0.25, 0.3) is 0 Å². The van der Waals surface area contributed by atoms with Crippen LogP contribution in [0.5, 0.6) is 0 Å². The molecule has 4 unspecified atom stereocenters. The number of aliphatic hydroxyl groups is 4. The maximum atomic E-state index is 11.4. The molecule has 0 bridgehead atoms. The topological polar surface area (TPSA) is 170 Å². The molecule has 0 aliphatic heterocycles. The number of quaternary nitrogens is 2. The lowest BCUT2D eigenvalue weighted by Gasteiger charge is -2.38. The van der Waals surface area contributed by atoms with E-state index < -0.39 is 41.8 Å². The van der Waals surface area contributed by atoms with Gasteiger partial charge in [-0.05, 0) is 41.5 Å². The second kappa shape index (κ2) is 25.9. The van der Waals surface area contributed by atoms with Crippen LogP contribution in [0.1, 0.15) is 41.5 Å². The van der Waals surface area contributed by atoms with E-state index in [0.29, 0.717) is 13.1 Å². The summed E-state index contributed by atoms with van der Waals surface area (Å²) in [4.78, 5) is 22.8. The van der Waals surface area contributed by atoms with Crippen molar-refractivity contribution in [1.82, 2.24) is 0 Å². The normalized spacial score (nSPS) is 15.9. The van der Waals surface area contributed by atoms with E-state index in [1.54, 1.807) is 0 Å². The number of carbonyl (C=O) groups excluding carboxylic acids is 2. The Labute approximate surface area is 294 Å². The number of likely N-dealkylation sites (N-methyl/N-ethyl adjacent to an activating group) is 2. The van der Waals surface area contributed by atoms with Gasteiger partial charge >= 0.3 is 11.9 Å². The fourth-order valence-corrected chi connectivity index (χ4v) is 5.58. The van der Waals surface area contributed by atoms with Crippen LogP contribution in [0.3, 0.4) is 0 Å². The van der Waals surface area contributed by atoms with E-state index in [0.717, 1.165) is 60.4 Å². The zero-order valence-electron chi connectivity index (χ0n) is 31.1. The van der Waals surface area contributed by atoms with Crippen molar-refractivity contribution in [2.45, 2.75) is 66.0 Å². The number of carbonyl (C=O) groups is 2. The van der Waals surface area contributed by atoms with E-state index in [1.807, 2.05) is 0 Å². The Bertz CT molecular complexity index is 825. The molecule has 0 amide bonds. The van der Waals surface area contributed by atoms with Gasteiger partial charge in [0.25, 0.3) is 0 Å². The summed E-state index contributed by atoms with van der Waals surface area (Å²) in [6, 6.07) is 0. The Balaban J connectivity index is 5.93. The molecule has 14 nitrogen and oxygen atoms in total. The smallest absolute Gasteiger partial charge is 0.330 e. The third kappa shape index (κ3) is 19.3. The maximum absolute atomic E-state index is 11.4. The van der Waals surface area contributed by atoms with E-state index in [2.05, 4.69) is 54.7 Å². The van der Waals surface area contributed by atoms with Gasteiger partial charge in [-0.1, -0.05) is 13.2 Å². The predicted octanol–water partition coefficient (Wildman–Crippen LogP) is 0.694. The van der Waals surface area contributed by atoms with Gasteiger partial charge in [0.15, 0.2) is 0 Å². The Morgan fingerprint density at radius 1 is 0.531 bits per heavy atom. The van der Waals surface area contributed by atoms with E-state index in [9.17, 15) is 30.0 Å². The molecule has 0 saturated carbocycles. The van der Waals surface area contributed by atoms with E-state index >= 15 is 0 Å². The SMILES string of the molecule is C=CC(=O)OCC(O)COCC(COCC(O)COC(=O)C=C)(COCC(O)C[N+](CC)(CC)CC)COCC(O)C[N+](CC)(CC)CC. The van der Waals surface area contributed by atoms with Gasteiger partial charge in [-0.2, -0.15) is 0 Å². The summed E-state index contributed by atoms with van der Waals surface area (Å²) in [5.41, 5.74) is -1.02. The molecule has 0 spiro atoms. The third-order valence-corrected chi connectivity index (χ3v) is 9.26. The summed E-state index contributed by atoms with van der Waals surface area (Å²) < 4.78 is 35.2. The zero-order valence-corrected chi connectivity index (χ0v) is 31.1. The van der Waals surface area contributed by atoms with Crippen molar-refractivity contribution in [2.75, 3.05) is 118 Å². The monoisotopic (exact) mass is 708 g/mol. The lowest BCUT2D eigenvalue weighted by atomic mass is 9.92. The summed E-state index contributed by atoms with van der Waals surface area (Å²) in [5, 5.41) is 42.5. The van der Waals surface area contributed by atoms with Crippen LogP contribution in [0.15, 0.2) is 25.3 Å². The van der Waals surface area contributed by atoms with Crippen LogP contribution in [-0.4, -0.2) is 184 Å². The minimum Gasteiger partial charge on any atom is -0.460 e.